The Balaban J connectivity index is 1.50. The highest BCUT2D eigenvalue weighted by Gasteiger charge is 2.22. The molecule has 9 heteroatoms. The third-order valence-corrected chi connectivity index (χ3v) is 6.99. The summed E-state index contributed by atoms with van der Waals surface area (Å²) in [5.74, 6) is 0.208. The molecule has 0 unspecified atom stereocenters. The van der Waals surface area contributed by atoms with Crippen LogP contribution in [0.5, 0.6) is 0 Å². The second-order valence-corrected chi connectivity index (χ2v) is 9.62. The molecule has 156 valence electrons. The highest BCUT2D eigenvalue weighted by Crippen LogP contribution is 2.25. The van der Waals surface area contributed by atoms with Crippen LogP contribution in [0.25, 0.3) is 0 Å². The van der Waals surface area contributed by atoms with E-state index in [1.807, 2.05) is 19.1 Å². The summed E-state index contributed by atoms with van der Waals surface area (Å²) in [6.07, 6.45) is 4.99. The number of hydrogen-bond acceptors (Lipinski definition) is 6. The molecule has 1 aromatic heterocycles. The number of piperidine rings is 1. The molecule has 1 saturated heterocycles. The van der Waals surface area contributed by atoms with Crippen molar-refractivity contribution in [1.29, 1.82) is 0 Å². The average molecular weight is 418 g/mol. The quantitative estimate of drug-likeness (QED) is 0.768. The van der Waals surface area contributed by atoms with Gasteiger partial charge in [0, 0.05) is 45.6 Å². The largest absolute Gasteiger partial charge is 0.372 e. The van der Waals surface area contributed by atoms with E-state index in [1.54, 1.807) is 18.3 Å². The zero-order chi connectivity index (χ0) is 21.0. The number of aromatic nitrogens is 2. The minimum absolute atomic E-state index is 0.197. The summed E-state index contributed by atoms with van der Waals surface area (Å²) in [4.78, 5) is 22.9. The lowest BCUT2D eigenvalue weighted by atomic mass is 9.96. The van der Waals surface area contributed by atoms with Crippen molar-refractivity contribution in [3.63, 3.8) is 0 Å². The predicted molar refractivity (Wildman–Crippen MR) is 111 cm³/mol. The number of anilines is 1. The first kappa shape index (κ1) is 21.2. The summed E-state index contributed by atoms with van der Waals surface area (Å²) in [5.41, 5.74) is 2.13. The third-order valence-electron chi connectivity index (χ3n) is 5.16. The van der Waals surface area contributed by atoms with E-state index in [0.717, 1.165) is 37.3 Å². The molecule has 29 heavy (non-hydrogen) atoms. The maximum atomic E-state index is 12.2. The Hall–Kier alpha value is -2.52. The number of nitrogens with zero attached hydrogens (tertiary/aromatic N) is 4. The number of carbonyl (C=O) groups is 1. The van der Waals surface area contributed by atoms with Crippen molar-refractivity contribution in [2.75, 3.05) is 38.6 Å². The molecule has 1 fully saturated rings. The van der Waals surface area contributed by atoms with Crippen LogP contribution in [0.2, 0.25) is 0 Å². The molecule has 3 rings (SSSR count). The molecule has 1 aliphatic rings. The van der Waals surface area contributed by atoms with Gasteiger partial charge in [0.2, 0.25) is 10.0 Å². The van der Waals surface area contributed by atoms with Gasteiger partial charge in [-0.25, -0.2) is 17.7 Å². The molecule has 1 N–H and O–H groups in total. The molecular formula is C20H27N5O3S. The van der Waals surface area contributed by atoms with Crippen LogP contribution < -0.4 is 10.2 Å². The Kier molecular flexibility index (Phi) is 6.49. The predicted octanol–water partition coefficient (Wildman–Crippen LogP) is 1.68. The minimum Gasteiger partial charge on any atom is -0.372 e. The van der Waals surface area contributed by atoms with Gasteiger partial charge in [0.1, 0.15) is 5.69 Å². The molecule has 0 saturated carbocycles. The number of aryl methyl sites for hydroxylation is 1. The monoisotopic (exact) mass is 417 g/mol. The van der Waals surface area contributed by atoms with Crippen molar-refractivity contribution in [3.05, 3.63) is 48.0 Å². The molecule has 0 aliphatic carbocycles. The summed E-state index contributed by atoms with van der Waals surface area (Å²) in [7, 11) is -0.357. The van der Waals surface area contributed by atoms with Crippen molar-refractivity contribution in [2.45, 2.75) is 24.7 Å². The van der Waals surface area contributed by atoms with Gasteiger partial charge < -0.3 is 10.2 Å². The fourth-order valence-electron chi connectivity index (χ4n) is 3.27. The maximum Gasteiger partial charge on any atom is 0.271 e. The molecule has 1 amide bonds. The number of carbonyl (C=O) groups excluding carboxylic acids is 1. The van der Waals surface area contributed by atoms with Crippen LogP contribution in [0.15, 0.2) is 41.6 Å². The van der Waals surface area contributed by atoms with Gasteiger partial charge in [0.05, 0.1) is 16.8 Å². The van der Waals surface area contributed by atoms with Crippen LogP contribution in [0.1, 0.15) is 29.0 Å². The minimum atomic E-state index is -3.41. The van der Waals surface area contributed by atoms with Gasteiger partial charge in [-0.1, -0.05) is 0 Å². The molecule has 0 bridgehead atoms. The first-order valence-corrected chi connectivity index (χ1v) is 11.1. The van der Waals surface area contributed by atoms with E-state index in [4.69, 9.17) is 0 Å². The van der Waals surface area contributed by atoms with Gasteiger partial charge >= 0.3 is 0 Å². The molecule has 1 aromatic carbocycles. The highest BCUT2D eigenvalue weighted by atomic mass is 32.2. The Morgan fingerprint density at radius 2 is 1.79 bits per heavy atom. The van der Waals surface area contributed by atoms with Gasteiger partial charge in [-0.15, -0.1) is 0 Å². The Bertz CT molecular complexity index is 935. The zero-order valence-electron chi connectivity index (χ0n) is 17.0. The second-order valence-electron chi connectivity index (χ2n) is 7.46. The third kappa shape index (κ3) is 5.10. The Morgan fingerprint density at radius 1 is 1.14 bits per heavy atom. The Labute approximate surface area is 172 Å². The number of benzene rings is 1. The van der Waals surface area contributed by atoms with E-state index in [0.29, 0.717) is 23.1 Å². The van der Waals surface area contributed by atoms with E-state index in [2.05, 4.69) is 20.2 Å². The second kappa shape index (κ2) is 8.87. The number of sulfonamides is 1. The first-order valence-electron chi connectivity index (χ1n) is 9.62. The number of hydrogen-bond donors (Lipinski definition) is 1. The molecule has 2 heterocycles. The molecule has 2 aromatic rings. The summed E-state index contributed by atoms with van der Waals surface area (Å²) in [6.45, 7) is 4.18. The van der Waals surface area contributed by atoms with Crippen LogP contribution >= 0.6 is 0 Å². The summed E-state index contributed by atoms with van der Waals surface area (Å²) in [6, 6.07) is 7.02. The topological polar surface area (TPSA) is 95.5 Å². The zero-order valence-corrected chi connectivity index (χ0v) is 17.8. The van der Waals surface area contributed by atoms with E-state index < -0.39 is 10.0 Å². The average Bonchev–Trinajstić information content (AvgIpc) is 2.73. The van der Waals surface area contributed by atoms with Gasteiger partial charge in [0.15, 0.2) is 0 Å². The summed E-state index contributed by atoms with van der Waals surface area (Å²) in [5, 5.41) is 2.95. The molecule has 1 aliphatic heterocycles. The van der Waals surface area contributed by atoms with Crippen LogP contribution in [0, 0.1) is 12.8 Å². The molecule has 0 radical (unpaired) electrons. The van der Waals surface area contributed by atoms with Crippen LogP contribution in [-0.4, -0.2) is 62.3 Å². The van der Waals surface area contributed by atoms with Crippen LogP contribution in [-0.2, 0) is 10.0 Å². The van der Waals surface area contributed by atoms with E-state index >= 15 is 0 Å². The molecule has 0 atom stereocenters. The fraction of sp³-hybridized carbons (Fsp3) is 0.450. The van der Waals surface area contributed by atoms with Gasteiger partial charge in [0.25, 0.3) is 5.91 Å². The lowest BCUT2D eigenvalue weighted by molar-refractivity contribution is 0.0939. The molecule has 8 nitrogen and oxygen atoms in total. The fourth-order valence-corrected chi connectivity index (χ4v) is 4.17. The van der Waals surface area contributed by atoms with E-state index in [1.165, 1.54) is 24.6 Å². The van der Waals surface area contributed by atoms with Gasteiger partial charge in [-0.3, -0.25) is 9.78 Å². The number of amides is 1. The van der Waals surface area contributed by atoms with Gasteiger partial charge in [-0.05, 0) is 49.9 Å². The molecule has 0 spiro atoms. The standard InChI is InChI=1S/C20H27N5O3S/c1-15-12-22-19(14-21-15)20(26)23-13-16-8-10-25(11-9-16)17-4-6-18(7-5-17)29(27,28)24(2)3/h4-7,12,14,16H,8-11,13H2,1-3H3,(H,23,26). The van der Waals surface area contributed by atoms with Crippen molar-refractivity contribution >= 4 is 21.6 Å². The lowest BCUT2D eigenvalue weighted by Gasteiger charge is -2.33. The van der Waals surface area contributed by atoms with Crippen molar-refractivity contribution in [3.8, 4) is 0 Å². The maximum absolute atomic E-state index is 12.2. The SMILES string of the molecule is Cc1cnc(C(=O)NCC2CCN(c3ccc(S(=O)(=O)N(C)C)cc3)CC2)cn1. The van der Waals surface area contributed by atoms with Gasteiger partial charge in [-0.2, -0.15) is 0 Å². The van der Waals surface area contributed by atoms with Crippen LogP contribution in [0.4, 0.5) is 5.69 Å². The first-order chi connectivity index (χ1) is 13.8. The highest BCUT2D eigenvalue weighted by molar-refractivity contribution is 7.89. The smallest absolute Gasteiger partial charge is 0.271 e. The normalized spacial score (nSPS) is 15.5. The van der Waals surface area contributed by atoms with Crippen molar-refractivity contribution in [1.82, 2.24) is 19.6 Å². The summed E-state index contributed by atoms with van der Waals surface area (Å²) < 4.78 is 25.6. The summed E-state index contributed by atoms with van der Waals surface area (Å²) >= 11 is 0. The lowest BCUT2D eigenvalue weighted by Crippen LogP contribution is -2.38. The molecular weight excluding hydrogens is 390 g/mol. The number of rotatable bonds is 6. The van der Waals surface area contributed by atoms with E-state index in [-0.39, 0.29) is 5.91 Å². The van der Waals surface area contributed by atoms with Crippen molar-refractivity contribution in [2.24, 2.45) is 5.92 Å². The number of nitrogens with one attached hydrogen (secondary N) is 1. The van der Waals surface area contributed by atoms with Crippen LogP contribution in [0.3, 0.4) is 0 Å². The Morgan fingerprint density at radius 3 is 2.34 bits per heavy atom. The van der Waals surface area contributed by atoms with E-state index in [9.17, 15) is 13.2 Å². The van der Waals surface area contributed by atoms with Crippen molar-refractivity contribution < 1.29 is 13.2 Å².